The topological polar surface area (TPSA) is 66.5 Å². The molecule has 1 fully saturated rings. The Bertz CT molecular complexity index is 809. The average molecular weight is 322 g/mol. The smallest absolute Gasteiger partial charge is 0.255 e. The van der Waals surface area contributed by atoms with Gasteiger partial charge in [-0.05, 0) is 55.3 Å². The van der Waals surface area contributed by atoms with Gasteiger partial charge in [-0.15, -0.1) is 0 Å². The number of rotatable bonds is 3. The Labute approximate surface area is 140 Å². The van der Waals surface area contributed by atoms with Gasteiger partial charge in [0.15, 0.2) is 0 Å². The van der Waals surface area contributed by atoms with Gasteiger partial charge in [0.2, 0.25) is 11.8 Å². The van der Waals surface area contributed by atoms with E-state index in [1.807, 2.05) is 32.0 Å². The number of carbonyl (C=O) groups is 3. The first-order valence-corrected chi connectivity index (χ1v) is 7.81. The molecule has 0 saturated carbocycles. The van der Waals surface area contributed by atoms with E-state index in [1.165, 1.54) is 4.90 Å². The van der Waals surface area contributed by atoms with Crippen molar-refractivity contribution < 1.29 is 14.4 Å². The van der Waals surface area contributed by atoms with Gasteiger partial charge in [-0.3, -0.25) is 19.3 Å². The number of imide groups is 1. The molecule has 0 aliphatic carbocycles. The van der Waals surface area contributed by atoms with Crippen LogP contribution in [0.2, 0.25) is 0 Å². The lowest BCUT2D eigenvalue weighted by Crippen LogP contribution is -2.28. The fourth-order valence-electron chi connectivity index (χ4n) is 2.71. The Kier molecular flexibility index (Phi) is 4.16. The van der Waals surface area contributed by atoms with Gasteiger partial charge < -0.3 is 5.32 Å². The molecule has 0 bridgehead atoms. The van der Waals surface area contributed by atoms with Crippen molar-refractivity contribution in [3.63, 3.8) is 0 Å². The van der Waals surface area contributed by atoms with E-state index in [9.17, 15) is 14.4 Å². The van der Waals surface area contributed by atoms with Gasteiger partial charge in [-0.25, -0.2) is 0 Å². The number of nitrogens with one attached hydrogen (secondary N) is 1. The predicted molar refractivity (Wildman–Crippen MR) is 92.0 cm³/mol. The molecule has 1 N–H and O–H groups in total. The van der Waals surface area contributed by atoms with E-state index in [1.54, 1.807) is 24.3 Å². The SMILES string of the molecule is Cc1cccc(NC(=O)c2ccc(N3C(=O)CCC3=O)cc2)c1C. The van der Waals surface area contributed by atoms with Gasteiger partial charge in [0, 0.05) is 24.1 Å². The molecule has 0 aromatic heterocycles. The summed E-state index contributed by atoms with van der Waals surface area (Å²) < 4.78 is 0. The maximum Gasteiger partial charge on any atom is 0.255 e. The van der Waals surface area contributed by atoms with Gasteiger partial charge in [0.25, 0.3) is 5.91 Å². The van der Waals surface area contributed by atoms with Gasteiger partial charge in [0.05, 0.1) is 5.69 Å². The summed E-state index contributed by atoms with van der Waals surface area (Å²) >= 11 is 0. The number of carbonyl (C=O) groups excluding carboxylic acids is 3. The van der Waals surface area contributed by atoms with Crippen LogP contribution in [-0.2, 0) is 9.59 Å². The quantitative estimate of drug-likeness (QED) is 0.882. The second-order valence-electron chi connectivity index (χ2n) is 5.87. The third-order valence-corrected chi connectivity index (χ3v) is 4.29. The van der Waals surface area contributed by atoms with E-state index in [2.05, 4.69) is 5.32 Å². The Morgan fingerprint density at radius 2 is 1.58 bits per heavy atom. The molecule has 1 aliphatic heterocycles. The first-order valence-electron chi connectivity index (χ1n) is 7.81. The second-order valence-corrected chi connectivity index (χ2v) is 5.87. The standard InChI is InChI=1S/C19H18N2O3/c1-12-4-3-5-16(13(12)2)20-19(24)14-6-8-15(9-7-14)21-17(22)10-11-18(21)23/h3-9H,10-11H2,1-2H3,(H,20,24). The highest BCUT2D eigenvalue weighted by molar-refractivity contribution is 6.20. The molecule has 5 nitrogen and oxygen atoms in total. The number of amides is 3. The summed E-state index contributed by atoms with van der Waals surface area (Å²) in [6.45, 7) is 3.95. The monoisotopic (exact) mass is 322 g/mol. The fraction of sp³-hybridized carbons (Fsp3) is 0.211. The zero-order chi connectivity index (χ0) is 17.3. The first-order chi connectivity index (χ1) is 11.5. The summed E-state index contributed by atoms with van der Waals surface area (Å²) in [5.74, 6) is -0.630. The number of aryl methyl sites for hydroxylation is 1. The molecular weight excluding hydrogens is 304 g/mol. The average Bonchev–Trinajstić information content (AvgIpc) is 2.91. The van der Waals surface area contributed by atoms with Crippen molar-refractivity contribution in [2.45, 2.75) is 26.7 Å². The van der Waals surface area contributed by atoms with Crippen molar-refractivity contribution >= 4 is 29.1 Å². The van der Waals surface area contributed by atoms with Crippen LogP contribution in [0.25, 0.3) is 0 Å². The Hall–Kier alpha value is -2.95. The maximum absolute atomic E-state index is 12.4. The van der Waals surface area contributed by atoms with Gasteiger partial charge in [0.1, 0.15) is 0 Å². The second kappa shape index (κ2) is 6.28. The van der Waals surface area contributed by atoms with Crippen molar-refractivity contribution in [3.05, 3.63) is 59.2 Å². The molecule has 1 saturated heterocycles. The lowest BCUT2D eigenvalue weighted by atomic mass is 10.1. The number of hydrogen-bond acceptors (Lipinski definition) is 3. The number of nitrogens with zero attached hydrogens (tertiary/aromatic N) is 1. The molecule has 5 heteroatoms. The Morgan fingerprint density at radius 3 is 2.21 bits per heavy atom. The lowest BCUT2D eigenvalue weighted by molar-refractivity contribution is -0.121. The molecule has 3 rings (SSSR count). The van der Waals surface area contributed by atoms with Crippen molar-refractivity contribution in [3.8, 4) is 0 Å². The maximum atomic E-state index is 12.4. The number of anilines is 2. The van der Waals surface area contributed by atoms with Gasteiger partial charge in [-0.2, -0.15) is 0 Å². The van der Waals surface area contributed by atoms with E-state index in [-0.39, 0.29) is 30.6 Å². The summed E-state index contributed by atoms with van der Waals surface area (Å²) in [5, 5.41) is 2.89. The first kappa shape index (κ1) is 15.9. The van der Waals surface area contributed by atoms with Crippen molar-refractivity contribution in [1.29, 1.82) is 0 Å². The highest BCUT2D eigenvalue weighted by atomic mass is 16.2. The minimum Gasteiger partial charge on any atom is -0.322 e. The van der Waals surface area contributed by atoms with E-state index < -0.39 is 0 Å². The molecule has 0 unspecified atom stereocenters. The van der Waals surface area contributed by atoms with E-state index in [0.717, 1.165) is 16.8 Å². The molecular formula is C19H18N2O3. The van der Waals surface area contributed by atoms with Crippen LogP contribution in [-0.4, -0.2) is 17.7 Å². The zero-order valence-electron chi connectivity index (χ0n) is 13.6. The van der Waals surface area contributed by atoms with Crippen molar-refractivity contribution in [1.82, 2.24) is 0 Å². The van der Waals surface area contributed by atoms with Crippen LogP contribution in [0, 0.1) is 13.8 Å². The van der Waals surface area contributed by atoms with E-state index in [4.69, 9.17) is 0 Å². The molecule has 0 radical (unpaired) electrons. The molecule has 1 heterocycles. The highest BCUT2D eigenvalue weighted by Crippen LogP contribution is 2.23. The molecule has 0 atom stereocenters. The summed E-state index contributed by atoms with van der Waals surface area (Å²) in [5.41, 5.74) is 3.88. The van der Waals surface area contributed by atoms with Crippen LogP contribution in [0.5, 0.6) is 0 Å². The molecule has 2 aromatic carbocycles. The highest BCUT2D eigenvalue weighted by Gasteiger charge is 2.30. The largest absolute Gasteiger partial charge is 0.322 e. The van der Waals surface area contributed by atoms with Crippen LogP contribution in [0.15, 0.2) is 42.5 Å². The molecule has 24 heavy (non-hydrogen) atoms. The van der Waals surface area contributed by atoms with Gasteiger partial charge in [-0.1, -0.05) is 12.1 Å². The summed E-state index contributed by atoms with van der Waals surface area (Å²) in [6, 6.07) is 12.2. The summed E-state index contributed by atoms with van der Waals surface area (Å²) in [4.78, 5) is 37.0. The van der Waals surface area contributed by atoms with Gasteiger partial charge >= 0.3 is 0 Å². The minimum atomic E-state index is -0.227. The Balaban J connectivity index is 1.78. The number of hydrogen-bond donors (Lipinski definition) is 1. The van der Waals surface area contributed by atoms with Crippen molar-refractivity contribution in [2.24, 2.45) is 0 Å². The van der Waals surface area contributed by atoms with Crippen LogP contribution >= 0.6 is 0 Å². The molecule has 3 amide bonds. The van der Waals surface area contributed by atoms with Crippen LogP contribution in [0.3, 0.4) is 0 Å². The minimum absolute atomic E-state index is 0.201. The molecule has 1 aliphatic rings. The van der Waals surface area contributed by atoms with E-state index in [0.29, 0.717) is 11.3 Å². The Morgan fingerprint density at radius 1 is 0.958 bits per heavy atom. The molecule has 2 aromatic rings. The van der Waals surface area contributed by atoms with Crippen LogP contribution in [0.4, 0.5) is 11.4 Å². The predicted octanol–water partition coefficient (Wildman–Crippen LogP) is 3.21. The van der Waals surface area contributed by atoms with E-state index >= 15 is 0 Å². The normalized spacial score (nSPS) is 14.2. The number of benzene rings is 2. The third-order valence-electron chi connectivity index (χ3n) is 4.29. The van der Waals surface area contributed by atoms with Crippen molar-refractivity contribution in [2.75, 3.05) is 10.2 Å². The summed E-state index contributed by atoms with van der Waals surface area (Å²) in [6.07, 6.45) is 0.488. The molecule has 0 spiro atoms. The zero-order valence-corrected chi connectivity index (χ0v) is 13.6. The lowest BCUT2D eigenvalue weighted by Gasteiger charge is -2.14. The van der Waals surface area contributed by atoms with Crippen LogP contribution < -0.4 is 10.2 Å². The fourth-order valence-corrected chi connectivity index (χ4v) is 2.71. The third kappa shape index (κ3) is 2.93. The van der Waals surface area contributed by atoms with Crippen LogP contribution in [0.1, 0.15) is 34.3 Å². The molecule has 122 valence electrons. The summed E-state index contributed by atoms with van der Waals surface area (Å²) in [7, 11) is 0.